The molecule has 2 aromatic rings. The Bertz CT molecular complexity index is 1050. The molecular weight excluding hydrogens is 424 g/mol. The molecule has 168 valence electrons. The van der Waals surface area contributed by atoms with Crippen molar-refractivity contribution < 1.29 is 14.6 Å². The van der Waals surface area contributed by atoms with Gasteiger partial charge in [-0.3, -0.25) is 4.79 Å². The lowest BCUT2D eigenvalue weighted by Crippen LogP contribution is -2.44. The summed E-state index contributed by atoms with van der Waals surface area (Å²) in [6.45, 7) is 5.47. The van der Waals surface area contributed by atoms with Gasteiger partial charge in [-0.25, -0.2) is 0 Å². The Morgan fingerprint density at radius 3 is 2.84 bits per heavy atom. The maximum atomic E-state index is 12.9. The van der Waals surface area contributed by atoms with E-state index in [1.54, 1.807) is 18.4 Å². The molecule has 2 aliphatic rings. The number of hydrogen-bond acceptors (Lipinski definition) is 4. The van der Waals surface area contributed by atoms with E-state index in [0.29, 0.717) is 29.8 Å². The van der Waals surface area contributed by atoms with Gasteiger partial charge in [0.15, 0.2) is 0 Å². The second-order valence-corrected chi connectivity index (χ2v) is 9.03. The number of halogens is 1. The van der Waals surface area contributed by atoms with Crippen molar-refractivity contribution in [1.29, 1.82) is 0 Å². The number of aliphatic hydroxyl groups excluding tert-OH is 1. The van der Waals surface area contributed by atoms with E-state index < -0.39 is 6.04 Å². The molecule has 2 aromatic carbocycles. The maximum Gasteiger partial charge on any atom is 0.250 e. The third-order valence-corrected chi connectivity index (χ3v) is 6.47. The monoisotopic (exact) mass is 452 g/mol. The summed E-state index contributed by atoms with van der Waals surface area (Å²) in [6, 6.07) is 13.4. The first-order valence-electron chi connectivity index (χ1n) is 11.1. The summed E-state index contributed by atoms with van der Waals surface area (Å²) in [5.41, 5.74) is 3.04. The van der Waals surface area contributed by atoms with Gasteiger partial charge in [0.2, 0.25) is 0 Å². The highest BCUT2D eigenvalue weighted by molar-refractivity contribution is 6.32. The van der Waals surface area contributed by atoms with Crippen molar-refractivity contribution in [2.24, 2.45) is 0 Å². The van der Waals surface area contributed by atoms with Crippen LogP contribution in [0.2, 0.25) is 0 Å². The third-order valence-electron chi connectivity index (χ3n) is 6.13. The van der Waals surface area contributed by atoms with Gasteiger partial charge in [0, 0.05) is 24.0 Å². The Balaban J connectivity index is 1.49. The standard InChI is InChI=1S/C26H29ClN2O3/c1-17(2)21-6-3-4-8-24(21)32-20-9-10-22(19(14-20)16-30)18-11-13-29(15-18)26(31)25-23(27)7-5-12-28-25/h3-10,12,14,17-18,25,28,30H,11,13,15-16H2,1-2H3. The summed E-state index contributed by atoms with van der Waals surface area (Å²) in [4.78, 5) is 14.8. The van der Waals surface area contributed by atoms with E-state index in [4.69, 9.17) is 16.3 Å². The normalized spacial score (nSPS) is 20.3. The van der Waals surface area contributed by atoms with E-state index in [0.717, 1.165) is 28.9 Å². The molecule has 2 atom stereocenters. The summed E-state index contributed by atoms with van der Waals surface area (Å²) in [7, 11) is 0. The zero-order chi connectivity index (χ0) is 22.7. The van der Waals surface area contributed by atoms with E-state index in [1.165, 1.54) is 0 Å². The molecule has 1 fully saturated rings. The lowest BCUT2D eigenvalue weighted by molar-refractivity contribution is -0.131. The molecule has 2 heterocycles. The van der Waals surface area contributed by atoms with Gasteiger partial charge in [0.05, 0.1) is 6.61 Å². The molecule has 2 unspecified atom stereocenters. The Morgan fingerprint density at radius 1 is 1.28 bits per heavy atom. The smallest absolute Gasteiger partial charge is 0.250 e. The summed E-state index contributed by atoms with van der Waals surface area (Å²) >= 11 is 6.22. The molecule has 4 rings (SSSR count). The molecule has 0 aliphatic carbocycles. The van der Waals surface area contributed by atoms with Crippen molar-refractivity contribution in [1.82, 2.24) is 10.2 Å². The SMILES string of the molecule is CC(C)c1ccccc1Oc1ccc(C2CCN(C(=O)C3NC=CC=C3Cl)C2)c(CO)c1. The van der Waals surface area contributed by atoms with Crippen LogP contribution in [0.15, 0.2) is 65.8 Å². The number of allylic oxidation sites excluding steroid dienone is 2. The van der Waals surface area contributed by atoms with E-state index in [1.807, 2.05) is 41.3 Å². The number of hydrogen-bond donors (Lipinski definition) is 2. The van der Waals surface area contributed by atoms with Crippen LogP contribution in [-0.2, 0) is 11.4 Å². The maximum absolute atomic E-state index is 12.9. The Labute approximate surface area is 194 Å². The first kappa shape index (κ1) is 22.4. The Morgan fingerprint density at radius 2 is 2.09 bits per heavy atom. The lowest BCUT2D eigenvalue weighted by atomic mass is 9.93. The van der Waals surface area contributed by atoms with Gasteiger partial charge >= 0.3 is 0 Å². The molecule has 2 N–H and O–H groups in total. The first-order valence-corrected chi connectivity index (χ1v) is 11.4. The van der Waals surface area contributed by atoms with E-state index in [9.17, 15) is 9.90 Å². The van der Waals surface area contributed by atoms with Gasteiger partial charge in [-0.05, 0) is 65.6 Å². The zero-order valence-corrected chi connectivity index (χ0v) is 19.2. The van der Waals surface area contributed by atoms with Crippen LogP contribution < -0.4 is 10.1 Å². The first-order chi connectivity index (χ1) is 15.5. The largest absolute Gasteiger partial charge is 0.457 e. The van der Waals surface area contributed by atoms with Crippen molar-refractivity contribution in [3.63, 3.8) is 0 Å². The number of dihydropyridines is 1. The van der Waals surface area contributed by atoms with Crippen LogP contribution in [0.25, 0.3) is 0 Å². The quantitative estimate of drug-likeness (QED) is 0.646. The van der Waals surface area contributed by atoms with Crippen molar-refractivity contribution in [2.45, 2.75) is 44.8 Å². The molecule has 32 heavy (non-hydrogen) atoms. The van der Waals surface area contributed by atoms with E-state index in [-0.39, 0.29) is 18.4 Å². The van der Waals surface area contributed by atoms with Gasteiger partial charge in [0.1, 0.15) is 17.5 Å². The average molecular weight is 453 g/mol. The molecule has 2 aliphatic heterocycles. The minimum absolute atomic E-state index is 0.0195. The molecule has 5 nitrogen and oxygen atoms in total. The summed E-state index contributed by atoms with van der Waals surface area (Å²) in [6.07, 6.45) is 6.12. The topological polar surface area (TPSA) is 61.8 Å². The number of aliphatic hydroxyl groups is 1. The summed E-state index contributed by atoms with van der Waals surface area (Å²) in [5, 5.41) is 13.6. The molecule has 0 radical (unpaired) electrons. The number of nitrogens with zero attached hydrogens (tertiary/aromatic N) is 1. The number of amides is 1. The van der Waals surface area contributed by atoms with Crippen LogP contribution in [0.4, 0.5) is 0 Å². The Hall–Kier alpha value is -2.76. The van der Waals surface area contributed by atoms with Crippen molar-refractivity contribution >= 4 is 17.5 Å². The number of likely N-dealkylation sites (tertiary alicyclic amines) is 1. The fraction of sp³-hybridized carbons (Fsp3) is 0.346. The molecule has 6 heteroatoms. The minimum atomic E-state index is -0.519. The fourth-order valence-electron chi connectivity index (χ4n) is 4.41. The number of carbonyl (C=O) groups is 1. The fourth-order valence-corrected chi connectivity index (χ4v) is 4.64. The van der Waals surface area contributed by atoms with Crippen LogP contribution >= 0.6 is 11.6 Å². The second-order valence-electron chi connectivity index (χ2n) is 8.59. The summed E-state index contributed by atoms with van der Waals surface area (Å²) in [5.74, 6) is 2.03. The van der Waals surface area contributed by atoms with Crippen LogP contribution in [0.5, 0.6) is 11.5 Å². The van der Waals surface area contributed by atoms with Crippen LogP contribution in [0.1, 0.15) is 48.8 Å². The van der Waals surface area contributed by atoms with Gasteiger partial charge in [-0.15, -0.1) is 0 Å². The van der Waals surface area contributed by atoms with Gasteiger partial charge in [-0.1, -0.05) is 49.7 Å². The minimum Gasteiger partial charge on any atom is -0.457 e. The van der Waals surface area contributed by atoms with Crippen molar-refractivity contribution in [3.8, 4) is 11.5 Å². The average Bonchev–Trinajstić information content (AvgIpc) is 3.29. The number of para-hydroxylation sites is 1. The van der Waals surface area contributed by atoms with Gasteiger partial charge < -0.3 is 20.1 Å². The van der Waals surface area contributed by atoms with Crippen LogP contribution in [0.3, 0.4) is 0 Å². The second kappa shape index (κ2) is 9.80. The van der Waals surface area contributed by atoms with Crippen molar-refractivity contribution in [3.05, 3.63) is 82.5 Å². The molecule has 1 saturated heterocycles. The number of rotatable bonds is 6. The number of nitrogens with one attached hydrogen (secondary N) is 1. The zero-order valence-electron chi connectivity index (χ0n) is 18.4. The number of carbonyl (C=O) groups excluding carboxylic acids is 1. The van der Waals surface area contributed by atoms with E-state index >= 15 is 0 Å². The molecular formula is C26H29ClN2O3. The third kappa shape index (κ3) is 4.69. The molecule has 0 spiro atoms. The highest BCUT2D eigenvalue weighted by Crippen LogP contribution is 2.35. The number of benzene rings is 2. The Kier molecular flexibility index (Phi) is 6.87. The highest BCUT2D eigenvalue weighted by atomic mass is 35.5. The van der Waals surface area contributed by atoms with Gasteiger partial charge in [0.25, 0.3) is 5.91 Å². The molecule has 0 bridgehead atoms. The predicted octanol–water partition coefficient (Wildman–Crippen LogP) is 5.02. The lowest BCUT2D eigenvalue weighted by Gasteiger charge is -2.25. The molecule has 1 amide bonds. The van der Waals surface area contributed by atoms with Crippen molar-refractivity contribution in [2.75, 3.05) is 13.1 Å². The molecule has 0 saturated carbocycles. The van der Waals surface area contributed by atoms with Crippen LogP contribution in [-0.4, -0.2) is 35.0 Å². The predicted molar refractivity (Wildman–Crippen MR) is 127 cm³/mol. The highest BCUT2D eigenvalue weighted by Gasteiger charge is 2.33. The summed E-state index contributed by atoms with van der Waals surface area (Å²) < 4.78 is 6.17. The van der Waals surface area contributed by atoms with E-state index in [2.05, 4.69) is 25.2 Å². The number of ether oxygens (including phenoxy) is 1. The van der Waals surface area contributed by atoms with Crippen LogP contribution in [0, 0.1) is 0 Å². The molecule has 0 aromatic heterocycles. The van der Waals surface area contributed by atoms with Gasteiger partial charge in [-0.2, -0.15) is 0 Å².